The fraction of sp³-hybridized carbons (Fsp3) is 0. The number of hydrogen-bond acceptors (Lipinski definition) is 5. The van der Waals surface area contributed by atoms with E-state index < -0.39 is 0 Å². The molecule has 0 aliphatic carbocycles. The van der Waals surface area contributed by atoms with Crippen molar-refractivity contribution in [2.24, 2.45) is 0 Å². The van der Waals surface area contributed by atoms with Gasteiger partial charge in [-0.1, -0.05) is 164 Å². The Bertz CT molecular complexity index is 3230. The third-order valence-corrected chi connectivity index (χ3v) is 11.7. The minimum atomic E-state index is 0.640. The summed E-state index contributed by atoms with van der Waals surface area (Å²) in [6, 6.07) is 65.6. The van der Waals surface area contributed by atoms with E-state index in [9.17, 15) is 0 Å². The summed E-state index contributed by atoms with van der Waals surface area (Å²) in [6.45, 7) is 0. The summed E-state index contributed by atoms with van der Waals surface area (Å²) >= 11 is 1.79. The number of thiophene rings is 1. The molecule has 0 aliphatic heterocycles. The van der Waals surface area contributed by atoms with Gasteiger partial charge >= 0.3 is 0 Å². The molecule has 3 aromatic heterocycles. The van der Waals surface area contributed by atoms with Gasteiger partial charge in [-0.15, -0.1) is 11.3 Å². The predicted molar refractivity (Wildman–Crippen MR) is 233 cm³/mol. The minimum Gasteiger partial charge on any atom is -0.455 e. The standard InChI is InChI=1S/C51H31N3OS/c1-4-13-32(14-5-1)33-23-25-36(26-24-33)50-52-49(35-17-8-3-9-18-35)53-51(54-50)37-27-28-42-45(31-37)56-44-22-12-20-39(46(42)44)40-30-29-38(34-15-6-2-7-16-34)47-41-19-10-11-21-43(41)55-48(40)47/h1-31H. The maximum absolute atomic E-state index is 6.72. The van der Waals surface area contributed by atoms with Gasteiger partial charge in [-0.2, -0.15) is 0 Å². The van der Waals surface area contributed by atoms with Crippen LogP contribution in [0.1, 0.15) is 0 Å². The second-order valence-electron chi connectivity index (χ2n) is 13.9. The number of benzene rings is 8. The van der Waals surface area contributed by atoms with Gasteiger partial charge < -0.3 is 4.42 Å². The lowest BCUT2D eigenvalue weighted by Crippen LogP contribution is -2.00. The molecule has 0 fully saturated rings. The average Bonchev–Trinajstić information content (AvgIpc) is 3.86. The smallest absolute Gasteiger partial charge is 0.164 e. The Balaban J connectivity index is 1.05. The van der Waals surface area contributed by atoms with Gasteiger partial charge in [-0.05, 0) is 52.1 Å². The molecule has 0 radical (unpaired) electrons. The highest BCUT2D eigenvalue weighted by Gasteiger charge is 2.21. The van der Waals surface area contributed by atoms with Crippen molar-refractivity contribution in [3.8, 4) is 67.5 Å². The first-order chi connectivity index (χ1) is 27.7. The summed E-state index contributed by atoms with van der Waals surface area (Å²) in [5, 5.41) is 4.66. The molecule has 11 rings (SSSR count). The van der Waals surface area contributed by atoms with Gasteiger partial charge in [0.05, 0.1) is 0 Å². The van der Waals surface area contributed by atoms with Gasteiger partial charge in [0.1, 0.15) is 11.2 Å². The van der Waals surface area contributed by atoms with E-state index in [1.807, 2.05) is 42.5 Å². The van der Waals surface area contributed by atoms with E-state index in [4.69, 9.17) is 19.4 Å². The molecule has 56 heavy (non-hydrogen) atoms. The van der Waals surface area contributed by atoms with Crippen LogP contribution in [0.4, 0.5) is 0 Å². The van der Waals surface area contributed by atoms with Gasteiger partial charge in [0.15, 0.2) is 17.5 Å². The van der Waals surface area contributed by atoms with Crippen molar-refractivity contribution in [2.45, 2.75) is 0 Å². The van der Waals surface area contributed by atoms with Gasteiger partial charge in [0.2, 0.25) is 0 Å². The lowest BCUT2D eigenvalue weighted by molar-refractivity contribution is 0.670. The fourth-order valence-corrected chi connectivity index (χ4v) is 9.05. The Hall–Kier alpha value is -7.21. The van der Waals surface area contributed by atoms with Crippen molar-refractivity contribution in [1.82, 2.24) is 15.0 Å². The van der Waals surface area contributed by atoms with Gasteiger partial charge in [0, 0.05) is 53.2 Å². The van der Waals surface area contributed by atoms with Crippen molar-refractivity contribution in [1.29, 1.82) is 0 Å². The average molecular weight is 734 g/mol. The molecule has 5 heteroatoms. The molecule has 3 heterocycles. The quantitative estimate of drug-likeness (QED) is 0.171. The Morgan fingerprint density at radius 2 is 0.893 bits per heavy atom. The maximum atomic E-state index is 6.72. The van der Waals surface area contributed by atoms with E-state index in [-0.39, 0.29) is 0 Å². The summed E-state index contributed by atoms with van der Waals surface area (Å²) in [7, 11) is 0. The first-order valence-corrected chi connectivity index (χ1v) is 19.5. The number of para-hydroxylation sites is 1. The molecule has 0 aliphatic rings. The van der Waals surface area contributed by atoms with Crippen LogP contribution < -0.4 is 0 Å². The highest BCUT2D eigenvalue weighted by Crippen LogP contribution is 2.46. The monoisotopic (exact) mass is 733 g/mol. The number of aromatic nitrogens is 3. The topological polar surface area (TPSA) is 51.8 Å². The molecule has 262 valence electrons. The Morgan fingerprint density at radius 3 is 1.62 bits per heavy atom. The first-order valence-electron chi connectivity index (χ1n) is 18.7. The lowest BCUT2D eigenvalue weighted by Gasteiger charge is -2.10. The largest absolute Gasteiger partial charge is 0.455 e. The lowest BCUT2D eigenvalue weighted by atomic mass is 9.93. The third-order valence-electron chi connectivity index (χ3n) is 10.6. The van der Waals surface area contributed by atoms with Crippen molar-refractivity contribution < 1.29 is 4.42 Å². The number of nitrogens with zero attached hydrogens (tertiary/aromatic N) is 3. The molecule has 0 spiro atoms. The minimum absolute atomic E-state index is 0.640. The fourth-order valence-electron chi connectivity index (χ4n) is 7.88. The van der Waals surface area contributed by atoms with Crippen molar-refractivity contribution in [3.63, 3.8) is 0 Å². The molecule has 0 amide bonds. The van der Waals surface area contributed by atoms with Crippen LogP contribution in [0, 0.1) is 0 Å². The Kier molecular flexibility index (Phi) is 7.64. The molecule has 0 N–H and O–H groups in total. The molecule has 4 nitrogen and oxygen atoms in total. The number of furan rings is 1. The zero-order valence-electron chi connectivity index (χ0n) is 30.1. The molecule has 0 unspecified atom stereocenters. The van der Waals surface area contributed by atoms with Crippen LogP contribution in [-0.2, 0) is 0 Å². The van der Waals surface area contributed by atoms with Gasteiger partial charge in [-0.25, -0.2) is 15.0 Å². The predicted octanol–water partition coefficient (Wildman–Crippen LogP) is 14.1. The van der Waals surface area contributed by atoms with E-state index in [0.29, 0.717) is 17.5 Å². The van der Waals surface area contributed by atoms with E-state index in [0.717, 1.165) is 55.3 Å². The molecular weight excluding hydrogens is 703 g/mol. The van der Waals surface area contributed by atoms with E-state index in [2.05, 4.69) is 146 Å². The van der Waals surface area contributed by atoms with Crippen LogP contribution in [0.3, 0.4) is 0 Å². The second-order valence-corrected chi connectivity index (χ2v) is 15.0. The van der Waals surface area contributed by atoms with Crippen molar-refractivity contribution in [3.05, 3.63) is 188 Å². The molecule has 0 bridgehead atoms. The Labute approximate surface area is 327 Å². The molecule has 0 saturated heterocycles. The van der Waals surface area contributed by atoms with Gasteiger partial charge in [0.25, 0.3) is 0 Å². The number of hydrogen-bond donors (Lipinski definition) is 0. The number of fused-ring (bicyclic) bond motifs is 6. The highest BCUT2D eigenvalue weighted by atomic mass is 32.1. The maximum Gasteiger partial charge on any atom is 0.164 e. The SMILES string of the molecule is c1ccc(-c2ccc(-c3nc(-c4ccccc4)nc(-c4ccc5c(c4)sc4cccc(-c6ccc(-c7ccccc7)c7c6oc6ccccc67)c45)n3)cc2)cc1. The van der Waals surface area contributed by atoms with Crippen LogP contribution in [0.15, 0.2) is 192 Å². The molecule has 8 aromatic carbocycles. The molecule has 11 aromatic rings. The Morgan fingerprint density at radius 1 is 0.339 bits per heavy atom. The summed E-state index contributed by atoms with van der Waals surface area (Å²) in [6.07, 6.45) is 0. The van der Waals surface area contributed by atoms with Crippen molar-refractivity contribution in [2.75, 3.05) is 0 Å². The summed E-state index contributed by atoms with van der Waals surface area (Å²) < 4.78 is 9.10. The molecule has 0 saturated carbocycles. The van der Waals surface area contributed by atoms with Gasteiger partial charge in [-0.3, -0.25) is 0 Å². The number of rotatable bonds is 6. The van der Waals surface area contributed by atoms with Crippen molar-refractivity contribution >= 4 is 53.4 Å². The third kappa shape index (κ3) is 5.48. The van der Waals surface area contributed by atoms with Crippen LogP contribution in [0.2, 0.25) is 0 Å². The van der Waals surface area contributed by atoms with Crippen LogP contribution in [-0.4, -0.2) is 15.0 Å². The second kappa shape index (κ2) is 13.3. The highest BCUT2D eigenvalue weighted by molar-refractivity contribution is 7.26. The van der Waals surface area contributed by atoms with E-state index >= 15 is 0 Å². The zero-order valence-corrected chi connectivity index (χ0v) is 30.9. The van der Waals surface area contributed by atoms with Crippen LogP contribution in [0.5, 0.6) is 0 Å². The first kappa shape index (κ1) is 32.2. The summed E-state index contributed by atoms with van der Waals surface area (Å²) in [4.78, 5) is 15.1. The van der Waals surface area contributed by atoms with E-state index in [1.54, 1.807) is 11.3 Å². The molecular formula is C51H31N3OS. The zero-order chi connectivity index (χ0) is 37.0. The molecule has 0 atom stereocenters. The summed E-state index contributed by atoms with van der Waals surface area (Å²) in [5.74, 6) is 1.92. The van der Waals surface area contributed by atoms with Crippen LogP contribution >= 0.6 is 11.3 Å². The van der Waals surface area contributed by atoms with Crippen LogP contribution in [0.25, 0.3) is 110 Å². The summed E-state index contributed by atoms with van der Waals surface area (Å²) in [5.41, 5.74) is 11.5. The normalized spacial score (nSPS) is 11.6. The van der Waals surface area contributed by atoms with E-state index in [1.165, 1.54) is 36.9 Å².